The first kappa shape index (κ1) is 27.2. The highest BCUT2D eigenvalue weighted by atomic mass is 16.5. The van der Waals surface area contributed by atoms with Crippen LogP contribution in [0.1, 0.15) is 42.6 Å². The molecule has 0 radical (unpaired) electrons. The van der Waals surface area contributed by atoms with Crippen LogP contribution in [0.15, 0.2) is 48.5 Å². The molecule has 1 heterocycles. The Kier molecular flexibility index (Phi) is 10.3. The summed E-state index contributed by atoms with van der Waals surface area (Å²) >= 11 is 0. The number of carbonyl (C=O) groups excluding carboxylic acids is 3. The normalized spacial score (nSPS) is 14.1. The van der Waals surface area contributed by atoms with Crippen LogP contribution >= 0.6 is 0 Å². The molecule has 0 aliphatic carbocycles. The van der Waals surface area contributed by atoms with Gasteiger partial charge in [0.25, 0.3) is 5.91 Å². The number of hydrogen-bond acceptors (Lipinski definition) is 5. The molecule has 1 saturated heterocycles. The fraction of sp³-hybridized carbons (Fsp3) is 0.464. The Morgan fingerprint density at radius 1 is 0.972 bits per heavy atom. The molecule has 3 rings (SSSR count). The lowest BCUT2D eigenvalue weighted by molar-refractivity contribution is -0.131. The number of nitrogens with zero attached hydrogens (tertiary/aromatic N) is 3. The number of aryl methyl sites for hydroxylation is 1. The van der Waals surface area contributed by atoms with Gasteiger partial charge in [-0.25, -0.2) is 0 Å². The number of methoxy groups -OCH3 is 1. The van der Waals surface area contributed by atoms with Gasteiger partial charge in [-0.1, -0.05) is 18.2 Å². The van der Waals surface area contributed by atoms with Gasteiger partial charge in [0.05, 0.1) is 13.7 Å². The monoisotopic (exact) mass is 494 g/mol. The molecule has 8 nitrogen and oxygen atoms in total. The number of hydrogen-bond donors (Lipinski definition) is 1. The highest BCUT2D eigenvalue weighted by Crippen LogP contribution is 2.15. The van der Waals surface area contributed by atoms with Crippen molar-refractivity contribution in [1.82, 2.24) is 14.7 Å². The lowest BCUT2D eigenvalue weighted by Gasteiger charge is -2.22. The molecule has 0 bridgehead atoms. The second kappa shape index (κ2) is 13.6. The molecule has 1 aliphatic rings. The highest BCUT2D eigenvalue weighted by molar-refractivity contribution is 5.97. The summed E-state index contributed by atoms with van der Waals surface area (Å²) in [6, 6.07) is 14.9. The van der Waals surface area contributed by atoms with Gasteiger partial charge < -0.3 is 19.9 Å². The van der Waals surface area contributed by atoms with E-state index in [1.807, 2.05) is 43.0 Å². The first-order valence-corrected chi connectivity index (χ1v) is 12.8. The Balaban J connectivity index is 1.46. The molecule has 0 unspecified atom stereocenters. The second-order valence-corrected chi connectivity index (χ2v) is 8.96. The van der Waals surface area contributed by atoms with E-state index in [4.69, 9.17) is 4.74 Å². The summed E-state index contributed by atoms with van der Waals surface area (Å²) in [5.41, 5.74) is 2.29. The maximum absolute atomic E-state index is 12.8. The summed E-state index contributed by atoms with van der Waals surface area (Å²) in [5.74, 6) is 0.788. The topological polar surface area (TPSA) is 82.2 Å². The molecule has 1 N–H and O–H groups in total. The molecule has 0 spiro atoms. The smallest absolute Gasteiger partial charge is 0.253 e. The predicted molar refractivity (Wildman–Crippen MR) is 141 cm³/mol. The minimum atomic E-state index is -0.123. The molecular weight excluding hydrogens is 456 g/mol. The lowest BCUT2D eigenvalue weighted by Crippen LogP contribution is -2.38. The zero-order chi connectivity index (χ0) is 25.9. The maximum atomic E-state index is 12.8. The van der Waals surface area contributed by atoms with Crippen molar-refractivity contribution < 1.29 is 19.1 Å². The first-order valence-electron chi connectivity index (χ1n) is 12.8. The quantitative estimate of drug-likeness (QED) is 0.548. The number of ether oxygens (including phenoxy) is 1. The number of amides is 3. The van der Waals surface area contributed by atoms with Crippen molar-refractivity contribution in [3.8, 4) is 5.75 Å². The summed E-state index contributed by atoms with van der Waals surface area (Å²) < 4.78 is 5.18. The lowest BCUT2D eigenvalue weighted by atomic mass is 10.1. The van der Waals surface area contributed by atoms with Crippen molar-refractivity contribution in [2.24, 2.45) is 0 Å². The third kappa shape index (κ3) is 7.81. The average Bonchev–Trinajstić information content (AvgIpc) is 3.14. The van der Waals surface area contributed by atoms with Crippen LogP contribution in [-0.4, -0.2) is 85.3 Å². The van der Waals surface area contributed by atoms with E-state index in [2.05, 4.69) is 10.2 Å². The second-order valence-electron chi connectivity index (χ2n) is 8.96. The fourth-order valence-corrected chi connectivity index (χ4v) is 4.41. The van der Waals surface area contributed by atoms with Gasteiger partial charge in [-0.2, -0.15) is 0 Å². The van der Waals surface area contributed by atoms with Gasteiger partial charge in [-0.05, 0) is 62.6 Å². The Bertz CT molecular complexity index is 1020. The average molecular weight is 495 g/mol. The van der Waals surface area contributed by atoms with Crippen LogP contribution in [0.3, 0.4) is 0 Å². The van der Waals surface area contributed by atoms with Crippen molar-refractivity contribution in [3.63, 3.8) is 0 Å². The van der Waals surface area contributed by atoms with Gasteiger partial charge >= 0.3 is 0 Å². The predicted octanol–water partition coefficient (Wildman–Crippen LogP) is 3.28. The summed E-state index contributed by atoms with van der Waals surface area (Å²) in [5, 5.41) is 2.92. The highest BCUT2D eigenvalue weighted by Gasteiger charge is 2.21. The largest absolute Gasteiger partial charge is 0.497 e. The summed E-state index contributed by atoms with van der Waals surface area (Å²) in [6.07, 6.45) is 1.99. The van der Waals surface area contributed by atoms with Crippen molar-refractivity contribution in [1.29, 1.82) is 0 Å². The SMILES string of the molecule is CCN(CC)C(=O)c1cccc(NC(=O)CN2CCCN(C(=O)CCc3ccc(OC)cc3)CC2)c1. The summed E-state index contributed by atoms with van der Waals surface area (Å²) in [7, 11) is 1.64. The summed E-state index contributed by atoms with van der Waals surface area (Å²) in [6.45, 7) is 8.16. The molecule has 3 amide bonds. The Morgan fingerprint density at radius 3 is 2.42 bits per heavy atom. The van der Waals surface area contributed by atoms with Crippen LogP contribution in [0.2, 0.25) is 0 Å². The molecule has 1 aliphatic heterocycles. The molecule has 8 heteroatoms. The molecule has 0 atom stereocenters. The van der Waals surface area contributed by atoms with Crippen molar-refractivity contribution in [3.05, 3.63) is 59.7 Å². The fourth-order valence-electron chi connectivity index (χ4n) is 4.41. The molecule has 2 aromatic carbocycles. The van der Waals surface area contributed by atoms with E-state index in [1.54, 1.807) is 36.3 Å². The van der Waals surface area contributed by atoms with Crippen LogP contribution in [0.25, 0.3) is 0 Å². The van der Waals surface area contributed by atoms with Gasteiger partial charge in [0.1, 0.15) is 5.75 Å². The molecule has 194 valence electrons. The van der Waals surface area contributed by atoms with Crippen LogP contribution < -0.4 is 10.1 Å². The summed E-state index contributed by atoms with van der Waals surface area (Å²) in [4.78, 5) is 43.8. The van der Waals surface area contributed by atoms with E-state index in [-0.39, 0.29) is 24.3 Å². The number of benzene rings is 2. The Hall–Kier alpha value is -3.39. The zero-order valence-electron chi connectivity index (χ0n) is 21.7. The van der Waals surface area contributed by atoms with Gasteiger partial charge in [0, 0.05) is 56.9 Å². The van der Waals surface area contributed by atoms with E-state index in [0.29, 0.717) is 56.8 Å². The standard InChI is InChI=1S/C28H38N4O4/c1-4-31(5-2)28(35)23-8-6-9-24(20-23)29-26(33)21-30-16-7-17-32(19-18-30)27(34)15-12-22-10-13-25(36-3)14-11-22/h6,8-11,13-14,20H,4-5,7,12,15-19,21H2,1-3H3,(H,29,33). The third-order valence-corrected chi connectivity index (χ3v) is 6.54. The molecular formula is C28H38N4O4. The van der Waals surface area contributed by atoms with E-state index >= 15 is 0 Å². The van der Waals surface area contributed by atoms with E-state index in [9.17, 15) is 14.4 Å². The number of anilines is 1. The Labute approximate surface area is 214 Å². The van der Waals surface area contributed by atoms with Gasteiger partial charge in [0.2, 0.25) is 11.8 Å². The Morgan fingerprint density at radius 2 is 1.72 bits per heavy atom. The van der Waals surface area contributed by atoms with Gasteiger partial charge in [-0.3, -0.25) is 19.3 Å². The van der Waals surface area contributed by atoms with Crippen molar-refractivity contribution in [2.45, 2.75) is 33.1 Å². The van der Waals surface area contributed by atoms with Gasteiger partial charge in [-0.15, -0.1) is 0 Å². The van der Waals surface area contributed by atoms with Crippen LogP contribution in [0.5, 0.6) is 5.75 Å². The van der Waals surface area contributed by atoms with Gasteiger partial charge in [0.15, 0.2) is 0 Å². The molecule has 36 heavy (non-hydrogen) atoms. The zero-order valence-corrected chi connectivity index (χ0v) is 21.7. The van der Waals surface area contributed by atoms with Crippen molar-refractivity contribution in [2.75, 3.05) is 58.2 Å². The molecule has 0 aromatic heterocycles. The minimum Gasteiger partial charge on any atom is -0.497 e. The number of rotatable bonds is 10. The van der Waals surface area contributed by atoms with E-state index < -0.39 is 0 Å². The minimum absolute atomic E-state index is 0.0413. The number of carbonyl (C=O) groups is 3. The first-order chi connectivity index (χ1) is 17.4. The van der Waals surface area contributed by atoms with E-state index in [1.165, 1.54) is 0 Å². The number of nitrogens with one attached hydrogen (secondary N) is 1. The van der Waals surface area contributed by atoms with E-state index in [0.717, 1.165) is 24.3 Å². The molecule has 1 fully saturated rings. The third-order valence-electron chi connectivity index (χ3n) is 6.54. The molecule has 2 aromatic rings. The van der Waals surface area contributed by atoms with Crippen LogP contribution in [-0.2, 0) is 16.0 Å². The van der Waals surface area contributed by atoms with Crippen molar-refractivity contribution >= 4 is 23.4 Å². The van der Waals surface area contributed by atoms with Crippen LogP contribution in [0, 0.1) is 0 Å². The van der Waals surface area contributed by atoms with Crippen LogP contribution in [0.4, 0.5) is 5.69 Å². The molecule has 0 saturated carbocycles. The maximum Gasteiger partial charge on any atom is 0.253 e.